The largest absolute Gasteiger partial charge is 0.469 e. The SMILES string of the molecule is COC(=O)[C@H]1[C@@H](C(=O)OC)[C@]2(C)C(=O)O[C@H]1C1=C2CCC1=O. The quantitative estimate of drug-likeness (QED) is 0.530. The number of fused-ring (bicyclic) bond motifs is 2. The molecule has 2 aliphatic carbocycles. The van der Waals surface area contributed by atoms with Gasteiger partial charge < -0.3 is 14.2 Å². The van der Waals surface area contributed by atoms with Crippen LogP contribution in [0.4, 0.5) is 0 Å². The van der Waals surface area contributed by atoms with Crippen LogP contribution in [0.3, 0.4) is 0 Å². The lowest BCUT2D eigenvalue weighted by Gasteiger charge is -2.50. The maximum Gasteiger partial charge on any atom is 0.317 e. The van der Waals surface area contributed by atoms with Crippen LogP contribution < -0.4 is 0 Å². The summed E-state index contributed by atoms with van der Waals surface area (Å²) >= 11 is 0. The molecule has 2 heterocycles. The first kappa shape index (κ1) is 14.7. The van der Waals surface area contributed by atoms with Crippen molar-refractivity contribution in [2.45, 2.75) is 25.9 Å². The van der Waals surface area contributed by atoms with Crippen LogP contribution in [0.15, 0.2) is 11.1 Å². The molecule has 4 aliphatic rings. The molecule has 7 heteroatoms. The third-order valence-corrected chi connectivity index (χ3v) is 5.03. The van der Waals surface area contributed by atoms with Gasteiger partial charge in [0.15, 0.2) is 5.78 Å². The Morgan fingerprint density at radius 1 is 1.14 bits per heavy atom. The Balaban J connectivity index is 2.23. The molecule has 7 nitrogen and oxygen atoms in total. The summed E-state index contributed by atoms with van der Waals surface area (Å²) < 4.78 is 14.9. The maximum atomic E-state index is 12.4. The van der Waals surface area contributed by atoms with Crippen LogP contribution in [-0.2, 0) is 33.4 Å². The van der Waals surface area contributed by atoms with Crippen molar-refractivity contribution in [3.8, 4) is 0 Å². The van der Waals surface area contributed by atoms with E-state index in [4.69, 9.17) is 14.2 Å². The Kier molecular flexibility index (Phi) is 3.12. The Bertz CT molecular complexity index is 632. The summed E-state index contributed by atoms with van der Waals surface area (Å²) in [6.45, 7) is 1.54. The monoisotopic (exact) mass is 308 g/mol. The Labute approximate surface area is 126 Å². The molecule has 4 atom stereocenters. The van der Waals surface area contributed by atoms with Crippen LogP contribution in [0.25, 0.3) is 0 Å². The summed E-state index contributed by atoms with van der Waals surface area (Å²) in [4.78, 5) is 49.0. The van der Waals surface area contributed by atoms with Gasteiger partial charge in [-0.3, -0.25) is 19.2 Å². The van der Waals surface area contributed by atoms with Gasteiger partial charge in [0.2, 0.25) is 0 Å². The lowest BCUT2D eigenvalue weighted by molar-refractivity contribution is -0.197. The van der Waals surface area contributed by atoms with Crippen LogP contribution in [-0.4, -0.2) is 44.0 Å². The number of esters is 3. The smallest absolute Gasteiger partial charge is 0.317 e. The van der Waals surface area contributed by atoms with Crippen molar-refractivity contribution in [1.29, 1.82) is 0 Å². The zero-order chi connectivity index (χ0) is 16.2. The zero-order valence-corrected chi connectivity index (χ0v) is 12.5. The third kappa shape index (κ3) is 1.56. The van der Waals surface area contributed by atoms with Crippen molar-refractivity contribution in [2.75, 3.05) is 14.2 Å². The summed E-state index contributed by atoms with van der Waals surface area (Å²) in [5, 5.41) is 0. The number of ketones is 1. The molecule has 1 fully saturated rings. The van der Waals surface area contributed by atoms with Gasteiger partial charge in [0, 0.05) is 12.0 Å². The molecule has 2 bridgehead atoms. The standard InChI is InChI=1S/C15H16O7/c1-15-6-4-5-7(16)8(6)11(22-14(15)19)9(12(17)20-2)10(15)13(18)21-3/h9-11H,4-5H2,1-3H3/t9-,10-,11-,15+/m0/s1. The highest BCUT2D eigenvalue weighted by molar-refractivity contribution is 6.07. The minimum Gasteiger partial charge on any atom is -0.469 e. The van der Waals surface area contributed by atoms with Gasteiger partial charge in [0.1, 0.15) is 17.4 Å². The van der Waals surface area contributed by atoms with E-state index in [0.29, 0.717) is 17.6 Å². The molecular weight excluding hydrogens is 292 g/mol. The number of rotatable bonds is 2. The third-order valence-electron chi connectivity index (χ3n) is 5.03. The van der Waals surface area contributed by atoms with E-state index in [9.17, 15) is 19.2 Å². The molecule has 0 radical (unpaired) electrons. The second-order valence-corrected chi connectivity index (χ2v) is 5.89. The van der Waals surface area contributed by atoms with Gasteiger partial charge in [-0.2, -0.15) is 0 Å². The van der Waals surface area contributed by atoms with E-state index in [1.165, 1.54) is 21.1 Å². The second-order valence-electron chi connectivity index (χ2n) is 5.89. The predicted molar refractivity (Wildman–Crippen MR) is 70.3 cm³/mol. The average Bonchev–Trinajstić information content (AvgIpc) is 2.90. The molecule has 0 spiro atoms. The van der Waals surface area contributed by atoms with Crippen molar-refractivity contribution in [2.24, 2.45) is 17.3 Å². The van der Waals surface area contributed by atoms with Crippen molar-refractivity contribution in [3.63, 3.8) is 0 Å². The fourth-order valence-corrected chi connectivity index (χ4v) is 3.97. The summed E-state index contributed by atoms with van der Waals surface area (Å²) in [6, 6.07) is 0. The topological polar surface area (TPSA) is 96.0 Å². The fourth-order valence-electron chi connectivity index (χ4n) is 3.97. The number of hydrogen-bond acceptors (Lipinski definition) is 7. The predicted octanol–water partition coefficient (Wildman–Crippen LogP) is 0.170. The van der Waals surface area contributed by atoms with Gasteiger partial charge in [0.05, 0.1) is 20.1 Å². The van der Waals surface area contributed by atoms with Crippen molar-refractivity contribution in [1.82, 2.24) is 0 Å². The first-order valence-corrected chi connectivity index (χ1v) is 7.01. The van der Waals surface area contributed by atoms with Gasteiger partial charge in [0.25, 0.3) is 0 Å². The van der Waals surface area contributed by atoms with E-state index in [1.54, 1.807) is 0 Å². The van der Waals surface area contributed by atoms with E-state index in [-0.39, 0.29) is 12.2 Å². The second kappa shape index (κ2) is 4.66. The van der Waals surface area contributed by atoms with E-state index in [0.717, 1.165) is 0 Å². The molecule has 22 heavy (non-hydrogen) atoms. The highest BCUT2D eigenvalue weighted by Crippen LogP contribution is 2.58. The number of carbonyl (C=O) groups excluding carboxylic acids is 4. The Morgan fingerprint density at radius 3 is 2.36 bits per heavy atom. The molecule has 0 aromatic heterocycles. The highest BCUT2D eigenvalue weighted by atomic mass is 16.6. The van der Waals surface area contributed by atoms with E-state index in [1.807, 2.05) is 0 Å². The number of ether oxygens (including phenoxy) is 3. The van der Waals surface area contributed by atoms with Crippen molar-refractivity contribution < 1.29 is 33.4 Å². The average molecular weight is 308 g/mol. The van der Waals surface area contributed by atoms with Gasteiger partial charge >= 0.3 is 17.9 Å². The Morgan fingerprint density at radius 2 is 1.77 bits per heavy atom. The number of hydrogen-bond donors (Lipinski definition) is 0. The molecular formula is C15H16O7. The molecule has 118 valence electrons. The molecule has 0 aromatic rings. The minimum absolute atomic E-state index is 0.143. The van der Waals surface area contributed by atoms with Crippen LogP contribution in [0.1, 0.15) is 19.8 Å². The summed E-state index contributed by atoms with van der Waals surface area (Å²) in [5.74, 6) is -4.20. The lowest BCUT2D eigenvalue weighted by atomic mass is 9.57. The van der Waals surface area contributed by atoms with Gasteiger partial charge in [-0.1, -0.05) is 0 Å². The summed E-state index contributed by atoms with van der Waals surface area (Å²) in [6.07, 6.45) is -0.400. The minimum atomic E-state index is -1.36. The highest BCUT2D eigenvalue weighted by Gasteiger charge is 2.68. The molecule has 0 amide bonds. The van der Waals surface area contributed by atoms with Crippen LogP contribution in [0.5, 0.6) is 0 Å². The van der Waals surface area contributed by atoms with Crippen LogP contribution in [0, 0.1) is 17.3 Å². The molecule has 0 unspecified atom stereocenters. The van der Waals surface area contributed by atoms with Gasteiger partial charge in [-0.05, 0) is 18.9 Å². The van der Waals surface area contributed by atoms with Crippen molar-refractivity contribution in [3.05, 3.63) is 11.1 Å². The number of Topliss-reactive ketones (excluding diaryl/α,β-unsaturated/α-hetero) is 1. The zero-order valence-electron chi connectivity index (χ0n) is 12.5. The first-order chi connectivity index (χ1) is 10.4. The summed E-state index contributed by atoms with van der Waals surface area (Å²) in [5.41, 5.74) is -0.394. The van der Waals surface area contributed by atoms with Crippen molar-refractivity contribution >= 4 is 23.7 Å². The molecule has 2 aliphatic heterocycles. The number of methoxy groups -OCH3 is 2. The molecule has 4 rings (SSSR count). The fraction of sp³-hybridized carbons (Fsp3) is 0.600. The maximum absolute atomic E-state index is 12.4. The van der Waals surface area contributed by atoms with Gasteiger partial charge in [-0.25, -0.2) is 0 Å². The Hall–Kier alpha value is -2.18. The summed E-state index contributed by atoms with van der Waals surface area (Å²) in [7, 11) is 2.39. The normalized spacial score (nSPS) is 36.0. The molecule has 0 saturated carbocycles. The molecule has 1 saturated heterocycles. The van der Waals surface area contributed by atoms with Gasteiger partial charge in [-0.15, -0.1) is 0 Å². The van der Waals surface area contributed by atoms with E-state index in [2.05, 4.69) is 0 Å². The van der Waals surface area contributed by atoms with Crippen LogP contribution in [0.2, 0.25) is 0 Å². The first-order valence-electron chi connectivity index (χ1n) is 7.01. The van der Waals surface area contributed by atoms with Crippen LogP contribution >= 0.6 is 0 Å². The molecule has 0 aromatic carbocycles. The number of carbonyl (C=O) groups is 4. The van der Waals surface area contributed by atoms with E-state index >= 15 is 0 Å². The lowest BCUT2D eigenvalue weighted by Crippen LogP contribution is -2.62. The molecule has 0 N–H and O–H groups in total. The van der Waals surface area contributed by atoms with E-state index < -0.39 is 41.3 Å².